The van der Waals surface area contributed by atoms with Crippen LogP contribution in [0.5, 0.6) is 0 Å². The van der Waals surface area contributed by atoms with Gasteiger partial charge in [-0.15, -0.1) is 0 Å². The number of carbonyl (C=O) groups excluding carboxylic acids is 1. The van der Waals surface area contributed by atoms with Gasteiger partial charge in [-0.3, -0.25) is 14.4 Å². The molecule has 4 aromatic rings. The second-order valence-electron chi connectivity index (χ2n) is 8.18. The van der Waals surface area contributed by atoms with Gasteiger partial charge in [0.25, 0.3) is 5.91 Å². The Kier molecular flexibility index (Phi) is 6.98. The molecule has 0 fully saturated rings. The van der Waals surface area contributed by atoms with Crippen LogP contribution in [0.25, 0.3) is 0 Å². The predicted molar refractivity (Wildman–Crippen MR) is 136 cm³/mol. The summed E-state index contributed by atoms with van der Waals surface area (Å²) >= 11 is 0. The van der Waals surface area contributed by atoms with E-state index in [0.29, 0.717) is 11.4 Å². The standard InChI is InChI=1S/C26H20F3N5O.H2S/c1-17-16-33(22-13-12-20(14-30-22)26(27,28)29)25(35)24-21(15-31-34(17)24)32-23(18-8-4-2-5-9-18)19-10-6-3-7-11-19;/h2-15,17H,16H2,1H3;1H2/t17-;/m0./s1. The van der Waals surface area contributed by atoms with Gasteiger partial charge in [0.15, 0.2) is 5.69 Å². The Morgan fingerprint density at radius 1 is 0.944 bits per heavy atom. The molecule has 1 aliphatic rings. The van der Waals surface area contributed by atoms with E-state index in [1.165, 1.54) is 11.0 Å². The number of hydrogen-bond acceptors (Lipinski definition) is 4. The zero-order chi connectivity index (χ0) is 24.6. The lowest BCUT2D eigenvalue weighted by Crippen LogP contribution is -2.43. The van der Waals surface area contributed by atoms with E-state index >= 15 is 0 Å². The van der Waals surface area contributed by atoms with E-state index in [-0.39, 0.29) is 37.6 Å². The molecule has 0 saturated carbocycles. The third-order valence-corrected chi connectivity index (χ3v) is 5.77. The number of aliphatic imine (C=N–C) groups is 1. The summed E-state index contributed by atoms with van der Waals surface area (Å²) in [7, 11) is 0. The maximum atomic E-state index is 13.5. The van der Waals surface area contributed by atoms with Gasteiger partial charge >= 0.3 is 6.18 Å². The molecule has 1 atom stereocenters. The predicted octanol–water partition coefficient (Wildman–Crippen LogP) is 5.80. The van der Waals surface area contributed by atoms with Gasteiger partial charge in [-0.1, -0.05) is 60.7 Å². The van der Waals surface area contributed by atoms with Gasteiger partial charge in [0.05, 0.1) is 23.5 Å². The van der Waals surface area contributed by atoms with E-state index in [4.69, 9.17) is 4.99 Å². The smallest absolute Gasteiger partial charge is 0.289 e. The first-order valence-corrected chi connectivity index (χ1v) is 10.9. The number of amides is 1. The molecule has 3 heterocycles. The summed E-state index contributed by atoms with van der Waals surface area (Å²) in [6, 6.07) is 21.1. The number of aromatic nitrogens is 3. The molecule has 0 unspecified atom stereocenters. The monoisotopic (exact) mass is 509 g/mol. The van der Waals surface area contributed by atoms with Gasteiger partial charge < -0.3 is 0 Å². The normalized spacial score (nSPS) is 15.2. The minimum atomic E-state index is -4.50. The highest BCUT2D eigenvalue weighted by molar-refractivity contribution is 7.59. The van der Waals surface area contributed by atoms with Crippen LogP contribution in [0.15, 0.2) is 90.2 Å². The Balaban J connectivity index is 0.00000304. The summed E-state index contributed by atoms with van der Waals surface area (Å²) in [5.74, 6) is -0.282. The van der Waals surface area contributed by atoms with E-state index in [2.05, 4.69) is 10.1 Å². The molecule has 0 saturated heterocycles. The maximum Gasteiger partial charge on any atom is 0.417 e. The van der Waals surface area contributed by atoms with Crippen LogP contribution in [0.4, 0.5) is 24.7 Å². The average Bonchev–Trinajstić information content (AvgIpc) is 3.30. The summed E-state index contributed by atoms with van der Waals surface area (Å²) < 4.78 is 40.5. The highest BCUT2D eigenvalue weighted by Gasteiger charge is 2.35. The fourth-order valence-electron chi connectivity index (χ4n) is 4.05. The summed E-state index contributed by atoms with van der Waals surface area (Å²) in [6.07, 6.45) is -2.23. The molecule has 0 radical (unpaired) electrons. The third-order valence-electron chi connectivity index (χ3n) is 5.77. The van der Waals surface area contributed by atoms with Gasteiger partial charge in [-0.2, -0.15) is 31.8 Å². The molecular formula is C26H22F3N5OS. The number of alkyl halides is 3. The first-order valence-electron chi connectivity index (χ1n) is 10.9. The molecule has 0 aliphatic carbocycles. The Morgan fingerprint density at radius 3 is 2.08 bits per heavy atom. The van der Waals surface area contributed by atoms with Gasteiger partial charge in [0, 0.05) is 23.9 Å². The Hall–Kier alpha value is -3.92. The first kappa shape index (κ1) is 25.2. The topological polar surface area (TPSA) is 63.4 Å². The van der Waals surface area contributed by atoms with Crippen LogP contribution in [0.3, 0.4) is 0 Å². The molecule has 36 heavy (non-hydrogen) atoms. The highest BCUT2D eigenvalue weighted by atomic mass is 32.1. The Labute approximate surface area is 212 Å². The van der Waals surface area contributed by atoms with Crippen molar-refractivity contribution in [3.63, 3.8) is 0 Å². The molecule has 2 aromatic carbocycles. The second kappa shape index (κ2) is 9.98. The first-order chi connectivity index (χ1) is 16.8. The summed E-state index contributed by atoms with van der Waals surface area (Å²) in [4.78, 5) is 23.6. The Bertz CT molecular complexity index is 1350. The summed E-state index contributed by atoms with van der Waals surface area (Å²) in [5, 5.41) is 4.40. The van der Waals surface area contributed by atoms with Crippen molar-refractivity contribution < 1.29 is 18.0 Å². The fourth-order valence-corrected chi connectivity index (χ4v) is 4.05. The van der Waals surface area contributed by atoms with Crippen molar-refractivity contribution in [1.29, 1.82) is 0 Å². The van der Waals surface area contributed by atoms with Crippen LogP contribution < -0.4 is 4.90 Å². The number of fused-ring (bicyclic) bond motifs is 1. The van der Waals surface area contributed by atoms with Crippen molar-refractivity contribution in [2.24, 2.45) is 4.99 Å². The number of halogens is 3. The second-order valence-corrected chi connectivity index (χ2v) is 8.18. The van der Waals surface area contributed by atoms with Crippen LogP contribution in [-0.2, 0) is 6.18 Å². The lowest BCUT2D eigenvalue weighted by Gasteiger charge is -2.31. The zero-order valence-corrected chi connectivity index (χ0v) is 20.1. The number of pyridine rings is 1. The molecule has 1 amide bonds. The van der Waals surface area contributed by atoms with E-state index in [0.717, 1.165) is 23.4 Å². The third kappa shape index (κ3) is 4.76. The Morgan fingerprint density at radius 2 is 1.56 bits per heavy atom. The van der Waals surface area contributed by atoms with Crippen LogP contribution in [0, 0.1) is 0 Å². The van der Waals surface area contributed by atoms with E-state index in [9.17, 15) is 18.0 Å². The minimum absolute atomic E-state index is 0. The van der Waals surface area contributed by atoms with Crippen molar-refractivity contribution in [2.45, 2.75) is 19.1 Å². The van der Waals surface area contributed by atoms with Gasteiger partial charge in [0.1, 0.15) is 11.5 Å². The van der Waals surface area contributed by atoms with Crippen molar-refractivity contribution in [2.75, 3.05) is 11.4 Å². The van der Waals surface area contributed by atoms with Crippen molar-refractivity contribution in [1.82, 2.24) is 14.8 Å². The number of benzene rings is 2. The number of carbonyl (C=O) groups is 1. The summed E-state index contributed by atoms with van der Waals surface area (Å²) in [6.45, 7) is 2.10. The molecule has 6 nitrogen and oxygen atoms in total. The highest BCUT2D eigenvalue weighted by Crippen LogP contribution is 2.33. The molecule has 184 valence electrons. The SMILES string of the molecule is C[C@H]1CN(c2ccc(C(F)(F)F)cn2)C(=O)c2c(N=C(c3ccccc3)c3ccccc3)cnn21.S. The van der Waals surface area contributed by atoms with Crippen LogP contribution in [0.1, 0.15) is 40.1 Å². The fraction of sp³-hybridized carbons (Fsp3) is 0.154. The number of hydrogen-bond donors (Lipinski definition) is 0. The number of nitrogens with zero attached hydrogens (tertiary/aromatic N) is 5. The lowest BCUT2D eigenvalue weighted by molar-refractivity contribution is -0.137. The zero-order valence-electron chi connectivity index (χ0n) is 19.1. The lowest BCUT2D eigenvalue weighted by atomic mass is 10.0. The van der Waals surface area contributed by atoms with Crippen LogP contribution in [0.2, 0.25) is 0 Å². The van der Waals surface area contributed by atoms with Crippen molar-refractivity contribution >= 4 is 36.6 Å². The largest absolute Gasteiger partial charge is 0.417 e. The molecule has 0 N–H and O–H groups in total. The summed E-state index contributed by atoms with van der Waals surface area (Å²) in [5.41, 5.74) is 2.18. The van der Waals surface area contributed by atoms with Crippen LogP contribution in [-0.4, -0.2) is 32.9 Å². The van der Waals surface area contributed by atoms with E-state index < -0.39 is 17.6 Å². The van der Waals surface area contributed by atoms with Crippen molar-refractivity contribution in [3.05, 3.63) is 108 Å². The number of anilines is 1. The molecule has 5 rings (SSSR count). The molecule has 0 spiro atoms. The molecular weight excluding hydrogens is 487 g/mol. The van der Waals surface area contributed by atoms with Gasteiger partial charge in [-0.25, -0.2) is 9.98 Å². The van der Waals surface area contributed by atoms with Gasteiger partial charge in [0.2, 0.25) is 0 Å². The van der Waals surface area contributed by atoms with E-state index in [1.54, 1.807) is 10.9 Å². The van der Waals surface area contributed by atoms with Gasteiger partial charge in [-0.05, 0) is 19.1 Å². The number of rotatable bonds is 4. The quantitative estimate of drug-likeness (QED) is 0.327. The van der Waals surface area contributed by atoms with Crippen LogP contribution >= 0.6 is 13.5 Å². The minimum Gasteiger partial charge on any atom is -0.289 e. The molecule has 10 heteroatoms. The van der Waals surface area contributed by atoms with E-state index in [1.807, 2.05) is 67.6 Å². The average molecular weight is 510 g/mol. The molecule has 1 aliphatic heterocycles. The maximum absolute atomic E-state index is 13.5. The van der Waals surface area contributed by atoms with Crippen molar-refractivity contribution in [3.8, 4) is 0 Å². The molecule has 2 aromatic heterocycles. The molecule has 0 bridgehead atoms.